The largest absolute Gasteiger partial charge is 0.366 e. The molecule has 0 bridgehead atoms. The van der Waals surface area contributed by atoms with Crippen LogP contribution in [0.5, 0.6) is 0 Å². The van der Waals surface area contributed by atoms with Crippen LogP contribution in [0.4, 0.5) is 0 Å². The summed E-state index contributed by atoms with van der Waals surface area (Å²) in [5.74, 6) is -0.455. The molecule has 1 fully saturated rings. The van der Waals surface area contributed by atoms with E-state index in [9.17, 15) is 9.59 Å². The predicted octanol–water partition coefficient (Wildman–Crippen LogP) is 5.08. The van der Waals surface area contributed by atoms with Gasteiger partial charge in [0.1, 0.15) is 0 Å². The molecule has 0 spiro atoms. The minimum atomic E-state index is -0.460. The van der Waals surface area contributed by atoms with Gasteiger partial charge in [0.25, 0.3) is 5.91 Å². The highest BCUT2D eigenvalue weighted by Crippen LogP contribution is 2.36. The number of carbonyl (C=O) groups is 2. The molecule has 4 rings (SSSR count). The summed E-state index contributed by atoms with van der Waals surface area (Å²) < 4.78 is 0. The fourth-order valence-corrected chi connectivity index (χ4v) is 4.16. The number of rotatable bonds is 4. The topological polar surface area (TPSA) is 63.4 Å². The first-order valence-corrected chi connectivity index (χ1v) is 9.98. The second kappa shape index (κ2) is 8.10. The number of amides is 2. The molecule has 5 heteroatoms. The summed E-state index contributed by atoms with van der Waals surface area (Å²) in [4.78, 5) is 26.5. The highest BCUT2D eigenvalue weighted by atomic mass is 35.5. The average molecular weight is 405 g/mol. The summed E-state index contributed by atoms with van der Waals surface area (Å²) in [6.07, 6.45) is 1.87. The number of primary amides is 1. The summed E-state index contributed by atoms with van der Waals surface area (Å²) in [6, 6.07) is 22.3. The molecule has 2 amide bonds. The second-order valence-electron chi connectivity index (χ2n) is 7.20. The van der Waals surface area contributed by atoms with Crippen LogP contribution in [0.15, 0.2) is 72.8 Å². The highest BCUT2D eigenvalue weighted by Gasteiger charge is 2.31. The first-order valence-electron chi connectivity index (χ1n) is 9.60. The van der Waals surface area contributed by atoms with Crippen molar-refractivity contribution in [2.24, 2.45) is 5.73 Å². The summed E-state index contributed by atoms with van der Waals surface area (Å²) in [7, 11) is 0. The van der Waals surface area contributed by atoms with Crippen molar-refractivity contribution in [2.45, 2.75) is 18.9 Å². The smallest absolute Gasteiger partial charge is 0.254 e. The molecule has 0 radical (unpaired) electrons. The number of nitrogens with two attached hydrogens (primary N) is 1. The Kier molecular flexibility index (Phi) is 5.36. The van der Waals surface area contributed by atoms with Gasteiger partial charge in [-0.1, -0.05) is 54.1 Å². The number of nitrogens with zero attached hydrogens (tertiary/aromatic N) is 1. The van der Waals surface area contributed by atoms with Crippen LogP contribution in [0.2, 0.25) is 5.02 Å². The molecule has 29 heavy (non-hydrogen) atoms. The molecule has 0 aromatic heterocycles. The molecule has 2 N–H and O–H groups in total. The van der Waals surface area contributed by atoms with Crippen molar-refractivity contribution >= 4 is 23.4 Å². The van der Waals surface area contributed by atoms with E-state index in [4.69, 9.17) is 17.3 Å². The first-order chi connectivity index (χ1) is 14.0. The average Bonchev–Trinajstić information content (AvgIpc) is 3.23. The molecule has 0 saturated carbocycles. The van der Waals surface area contributed by atoms with Gasteiger partial charge in [-0.3, -0.25) is 9.59 Å². The van der Waals surface area contributed by atoms with Crippen molar-refractivity contribution in [3.05, 3.63) is 94.5 Å². The van der Waals surface area contributed by atoms with E-state index in [0.29, 0.717) is 16.1 Å². The van der Waals surface area contributed by atoms with E-state index in [1.165, 1.54) is 0 Å². The minimum absolute atomic E-state index is 0.00289. The summed E-state index contributed by atoms with van der Waals surface area (Å²) in [5.41, 5.74) is 9.27. The zero-order valence-corrected chi connectivity index (χ0v) is 16.6. The normalized spacial score (nSPS) is 16.0. The third-order valence-electron chi connectivity index (χ3n) is 5.39. The van der Waals surface area contributed by atoms with Crippen molar-refractivity contribution in [3.63, 3.8) is 0 Å². The van der Waals surface area contributed by atoms with Crippen LogP contribution >= 0.6 is 11.6 Å². The van der Waals surface area contributed by atoms with Gasteiger partial charge < -0.3 is 10.6 Å². The van der Waals surface area contributed by atoms with Crippen LogP contribution in [-0.2, 0) is 0 Å². The highest BCUT2D eigenvalue weighted by molar-refractivity contribution is 6.31. The van der Waals surface area contributed by atoms with E-state index in [1.54, 1.807) is 18.2 Å². The van der Waals surface area contributed by atoms with E-state index in [1.807, 2.05) is 59.5 Å². The van der Waals surface area contributed by atoms with Crippen LogP contribution in [0.3, 0.4) is 0 Å². The van der Waals surface area contributed by atoms with Gasteiger partial charge in [-0.25, -0.2) is 0 Å². The molecule has 0 unspecified atom stereocenters. The van der Waals surface area contributed by atoms with Crippen LogP contribution in [-0.4, -0.2) is 23.3 Å². The molecule has 1 heterocycles. The third-order valence-corrected chi connectivity index (χ3v) is 5.73. The quantitative estimate of drug-likeness (QED) is 0.658. The Morgan fingerprint density at radius 3 is 2.38 bits per heavy atom. The molecule has 0 aliphatic carbocycles. The Hall–Kier alpha value is -3.11. The fourth-order valence-electron chi connectivity index (χ4n) is 3.90. The van der Waals surface area contributed by atoms with E-state index in [0.717, 1.165) is 36.1 Å². The number of benzene rings is 3. The SMILES string of the molecule is NC(=O)c1cccc(-c2ccc(C(=O)N3CCC[C@@H]3c3ccccc3Cl)cc2)c1. The van der Waals surface area contributed by atoms with Crippen LogP contribution in [0, 0.1) is 0 Å². The maximum Gasteiger partial charge on any atom is 0.254 e. The van der Waals surface area contributed by atoms with Gasteiger partial charge in [0.05, 0.1) is 6.04 Å². The summed E-state index contributed by atoms with van der Waals surface area (Å²) in [5, 5.41) is 0.696. The maximum absolute atomic E-state index is 13.2. The standard InChI is InChI=1S/C24H21ClN2O2/c25-21-8-2-1-7-20(21)22-9-4-14-27(22)24(29)17-12-10-16(11-13-17)18-5-3-6-19(15-18)23(26)28/h1-3,5-8,10-13,15,22H,4,9,14H2,(H2,26,28)/t22-/m1/s1. The molecule has 1 saturated heterocycles. The van der Waals surface area contributed by atoms with Crippen molar-refractivity contribution < 1.29 is 9.59 Å². The molecule has 4 nitrogen and oxygen atoms in total. The lowest BCUT2D eigenvalue weighted by Crippen LogP contribution is -2.30. The Balaban J connectivity index is 1.57. The fraction of sp³-hybridized carbons (Fsp3) is 0.167. The lowest BCUT2D eigenvalue weighted by molar-refractivity contribution is 0.0735. The van der Waals surface area contributed by atoms with Crippen LogP contribution < -0.4 is 5.73 Å². The molecule has 1 aliphatic rings. The van der Waals surface area contributed by atoms with Crippen molar-refractivity contribution in [2.75, 3.05) is 6.54 Å². The van der Waals surface area contributed by atoms with Gasteiger partial charge in [0.2, 0.25) is 5.91 Å². The van der Waals surface area contributed by atoms with Crippen molar-refractivity contribution in [3.8, 4) is 11.1 Å². The van der Waals surface area contributed by atoms with Gasteiger partial charge in [0, 0.05) is 22.7 Å². The third kappa shape index (κ3) is 3.89. The molecule has 1 aliphatic heterocycles. The number of halogens is 1. The zero-order chi connectivity index (χ0) is 20.4. The van der Waals surface area contributed by atoms with E-state index >= 15 is 0 Å². The minimum Gasteiger partial charge on any atom is -0.366 e. The van der Waals surface area contributed by atoms with Gasteiger partial charge in [-0.05, 0) is 59.9 Å². The second-order valence-corrected chi connectivity index (χ2v) is 7.61. The number of carbonyl (C=O) groups excluding carboxylic acids is 2. The number of hydrogen-bond donors (Lipinski definition) is 1. The van der Waals surface area contributed by atoms with Crippen molar-refractivity contribution in [1.29, 1.82) is 0 Å². The lowest BCUT2D eigenvalue weighted by atomic mass is 10.0. The summed E-state index contributed by atoms with van der Waals surface area (Å²) >= 11 is 6.37. The Morgan fingerprint density at radius 2 is 1.66 bits per heavy atom. The zero-order valence-electron chi connectivity index (χ0n) is 15.8. The molecule has 3 aromatic rings. The molecule has 146 valence electrons. The Bertz CT molecular complexity index is 1060. The van der Waals surface area contributed by atoms with Gasteiger partial charge in [-0.15, -0.1) is 0 Å². The van der Waals surface area contributed by atoms with Gasteiger partial charge in [0.15, 0.2) is 0 Å². The monoisotopic (exact) mass is 404 g/mol. The summed E-state index contributed by atoms with van der Waals surface area (Å²) in [6.45, 7) is 0.719. The predicted molar refractivity (Wildman–Crippen MR) is 115 cm³/mol. The maximum atomic E-state index is 13.2. The van der Waals surface area contributed by atoms with E-state index < -0.39 is 5.91 Å². The molecule has 3 aromatic carbocycles. The molecular weight excluding hydrogens is 384 g/mol. The number of likely N-dealkylation sites (tertiary alicyclic amines) is 1. The van der Waals surface area contributed by atoms with Gasteiger partial charge >= 0.3 is 0 Å². The molecular formula is C24H21ClN2O2. The Labute approximate surface area is 174 Å². The van der Waals surface area contributed by atoms with Crippen molar-refractivity contribution in [1.82, 2.24) is 4.90 Å². The lowest BCUT2D eigenvalue weighted by Gasteiger charge is -2.26. The number of hydrogen-bond acceptors (Lipinski definition) is 2. The Morgan fingerprint density at radius 1 is 0.897 bits per heavy atom. The first kappa shape index (κ1) is 19.2. The van der Waals surface area contributed by atoms with Crippen LogP contribution in [0.1, 0.15) is 45.2 Å². The van der Waals surface area contributed by atoms with Crippen LogP contribution in [0.25, 0.3) is 11.1 Å². The van der Waals surface area contributed by atoms with E-state index in [2.05, 4.69) is 0 Å². The van der Waals surface area contributed by atoms with E-state index in [-0.39, 0.29) is 11.9 Å². The van der Waals surface area contributed by atoms with Gasteiger partial charge in [-0.2, -0.15) is 0 Å². The molecule has 1 atom stereocenters.